The second-order valence-electron chi connectivity index (χ2n) is 5.12. The molecule has 1 atom stereocenters. The van der Waals surface area contributed by atoms with Crippen LogP contribution in [0.5, 0.6) is 5.75 Å². The van der Waals surface area contributed by atoms with Gasteiger partial charge in [-0.25, -0.2) is 0 Å². The maximum absolute atomic E-state index is 12.1. The van der Waals surface area contributed by atoms with Gasteiger partial charge >= 0.3 is 6.36 Å². The smallest absolute Gasteiger partial charge is 0.406 e. The third-order valence-electron chi connectivity index (χ3n) is 2.94. The SMILES string of the molecule is CCCNC(=O)C(C)Sc1nnc(Nc2ccc(OC(F)(F)F)cc2)s1. The van der Waals surface area contributed by atoms with Crippen LogP contribution in [0, 0.1) is 0 Å². The van der Waals surface area contributed by atoms with E-state index in [4.69, 9.17) is 0 Å². The van der Waals surface area contributed by atoms with E-state index in [9.17, 15) is 18.0 Å². The van der Waals surface area contributed by atoms with Crippen LogP contribution in [-0.2, 0) is 4.79 Å². The van der Waals surface area contributed by atoms with Crippen LogP contribution in [0.3, 0.4) is 0 Å². The minimum absolute atomic E-state index is 0.0678. The number of benzene rings is 1. The van der Waals surface area contributed by atoms with Crippen molar-refractivity contribution in [2.75, 3.05) is 11.9 Å². The first-order valence-corrected chi connectivity index (χ1v) is 9.37. The second kappa shape index (κ2) is 9.08. The first kappa shape index (κ1) is 20.3. The molecule has 26 heavy (non-hydrogen) atoms. The van der Waals surface area contributed by atoms with Gasteiger partial charge in [-0.05, 0) is 37.6 Å². The molecule has 2 N–H and O–H groups in total. The van der Waals surface area contributed by atoms with Crippen LogP contribution in [0.2, 0.25) is 0 Å². The molecule has 0 aliphatic carbocycles. The summed E-state index contributed by atoms with van der Waals surface area (Å²) in [6, 6.07) is 5.28. The fraction of sp³-hybridized carbons (Fsp3) is 0.400. The molecule has 0 radical (unpaired) electrons. The molecule has 1 heterocycles. The Morgan fingerprint density at radius 3 is 2.62 bits per heavy atom. The Morgan fingerprint density at radius 2 is 2.00 bits per heavy atom. The number of carbonyl (C=O) groups is 1. The fourth-order valence-corrected chi connectivity index (χ4v) is 3.71. The van der Waals surface area contributed by atoms with Crippen molar-refractivity contribution in [2.45, 2.75) is 36.2 Å². The van der Waals surface area contributed by atoms with Gasteiger partial charge in [-0.3, -0.25) is 4.79 Å². The number of aromatic nitrogens is 2. The molecule has 0 bridgehead atoms. The van der Waals surface area contributed by atoms with Crippen LogP contribution in [-0.4, -0.2) is 34.3 Å². The quantitative estimate of drug-likeness (QED) is 0.641. The Balaban J connectivity index is 1.90. The molecule has 0 spiro atoms. The Morgan fingerprint density at radius 1 is 1.31 bits per heavy atom. The van der Waals surface area contributed by atoms with E-state index in [2.05, 4.69) is 25.6 Å². The summed E-state index contributed by atoms with van der Waals surface area (Å²) in [5.41, 5.74) is 0.543. The number of ether oxygens (including phenoxy) is 1. The van der Waals surface area contributed by atoms with Crippen molar-refractivity contribution in [3.63, 3.8) is 0 Å². The van der Waals surface area contributed by atoms with Crippen molar-refractivity contribution in [1.82, 2.24) is 15.5 Å². The highest BCUT2D eigenvalue weighted by atomic mass is 32.2. The molecule has 1 aromatic heterocycles. The Bertz CT molecular complexity index is 722. The largest absolute Gasteiger partial charge is 0.573 e. The molecule has 6 nitrogen and oxygen atoms in total. The third-order valence-corrected chi connectivity index (χ3v) is 4.96. The average Bonchev–Trinajstić information content (AvgIpc) is 3.00. The summed E-state index contributed by atoms with van der Waals surface area (Å²) in [6.45, 7) is 4.38. The zero-order valence-corrected chi connectivity index (χ0v) is 15.6. The van der Waals surface area contributed by atoms with Crippen LogP contribution in [0.1, 0.15) is 20.3 Å². The standard InChI is InChI=1S/C15H17F3N4O2S2/c1-3-8-19-12(23)9(2)25-14-22-21-13(26-14)20-10-4-6-11(7-5-10)24-15(16,17)18/h4-7,9H,3,8H2,1-2H3,(H,19,23)(H,20,21). The molecule has 0 fully saturated rings. The number of hydrogen-bond donors (Lipinski definition) is 2. The first-order valence-electron chi connectivity index (χ1n) is 7.67. The van der Waals surface area contributed by atoms with Gasteiger partial charge < -0.3 is 15.4 Å². The number of halogens is 3. The van der Waals surface area contributed by atoms with Crippen LogP contribution >= 0.6 is 23.1 Å². The molecule has 142 valence electrons. The molecule has 0 saturated carbocycles. The molecule has 0 aliphatic heterocycles. The number of amides is 1. The Labute approximate surface area is 156 Å². The summed E-state index contributed by atoms with van der Waals surface area (Å²) in [5.74, 6) is -0.370. The van der Waals surface area contributed by atoms with E-state index in [0.29, 0.717) is 21.7 Å². The molecule has 1 amide bonds. The van der Waals surface area contributed by atoms with Crippen LogP contribution < -0.4 is 15.4 Å². The molecule has 0 aliphatic rings. The van der Waals surface area contributed by atoms with Crippen molar-refractivity contribution in [3.05, 3.63) is 24.3 Å². The highest BCUT2D eigenvalue weighted by Crippen LogP contribution is 2.31. The van der Waals surface area contributed by atoms with Crippen molar-refractivity contribution in [1.29, 1.82) is 0 Å². The summed E-state index contributed by atoms with van der Waals surface area (Å²) < 4.78 is 40.8. The number of hydrogen-bond acceptors (Lipinski definition) is 7. The predicted molar refractivity (Wildman–Crippen MR) is 94.9 cm³/mol. The molecule has 11 heteroatoms. The Hall–Kier alpha value is -2.01. The third kappa shape index (κ3) is 6.71. The highest BCUT2D eigenvalue weighted by molar-refractivity contribution is 8.02. The van der Waals surface area contributed by atoms with Crippen LogP contribution in [0.15, 0.2) is 28.6 Å². The number of carbonyl (C=O) groups excluding carboxylic acids is 1. The summed E-state index contributed by atoms with van der Waals surface area (Å²) in [4.78, 5) is 11.9. The average molecular weight is 406 g/mol. The van der Waals surface area contributed by atoms with Crippen molar-refractivity contribution < 1.29 is 22.7 Å². The van der Waals surface area contributed by atoms with Gasteiger partial charge in [-0.2, -0.15) is 0 Å². The highest BCUT2D eigenvalue weighted by Gasteiger charge is 2.30. The lowest BCUT2D eigenvalue weighted by molar-refractivity contribution is -0.274. The van der Waals surface area contributed by atoms with Gasteiger partial charge in [0, 0.05) is 12.2 Å². The summed E-state index contributed by atoms with van der Waals surface area (Å²) in [5, 5.41) is 13.9. The summed E-state index contributed by atoms with van der Waals surface area (Å²) >= 11 is 2.54. The molecular formula is C15H17F3N4O2S2. The molecule has 2 aromatic rings. The molecule has 1 unspecified atom stereocenters. The molecular weight excluding hydrogens is 389 g/mol. The van der Waals surface area contributed by atoms with E-state index in [1.54, 1.807) is 6.92 Å². The van der Waals surface area contributed by atoms with Gasteiger partial charge in [-0.15, -0.1) is 23.4 Å². The minimum Gasteiger partial charge on any atom is -0.406 e. The van der Waals surface area contributed by atoms with Gasteiger partial charge in [0.2, 0.25) is 11.0 Å². The molecule has 2 rings (SSSR count). The van der Waals surface area contributed by atoms with E-state index in [1.807, 2.05) is 6.92 Å². The van der Waals surface area contributed by atoms with E-state index in [1.165, 1.54) is 47.4 Å². The Kier molecular flexibility index (Phi) is 7.09. The lowest BCUT2D eigenvalue weighted by Gasteiger charge is -2.09. The van der Waals surface area contributed by atoms with Crippen LogP contribution in [0.4, 0.5) is 24.0 Å². The fourth-order valence-electron chi connectivity index (χ4n) is 1.77. The lowest BCUT2D eigenvalue weighted by atomic mass is 10.3. The van der Waals surface area contributed by atoms with Gasteiger partial charge in [-0.1, -0.05) is 30.0 Å². The number of thioether (sulfide) groups is 1. The van der Waals surface area contributed by atoms with E-state index in [0.717, 1.165) is 6.42 Å². The molecule has 1 aromatic carbocycles. The van der Waals surface area contributed by atoms with Crippen molar-refractivity contribution >= 4 is 39.8 Å². The van der Waals surface area contributed by atoms with Gasteiger partial charge in [0.15, 0.2) is 4.34 Å². The minimum atomic E-state index is -4.72. The number of nitrogens with zero attached hydrogens (tertiary/aromatic N) is 2. The normalized spacial score (nSPS) is 12.5. The predicted octanol–water partition coefficient (Wildman–Crippen LogP) is 4.19. The van der Waals surface area contributed by atoms with Crippen LogP contribution in [0.25, 0.3) is 0 Å². The van der Waals surface area contributed by atoms with Gasteiger partial charge in [0.1, 0.15) is 5.75 Å². The second-order valence-corrected chi connectivity index (χ2v) is 7.69. The number of anilines is 2. The summed E-state index contributed by atoms with van der Waals surface area (Å²) in [7, 11) is 0. The number of nitrogens with one attached hydrogen (secondary N) is 2. The topological polar surface area (TPSA) is 76.1 Å². The first-order chi connectivity index (χ1) is 12.3. The van der Waals surface area contributed by atoms with E-state index in [-0.39, 0.29) is 16.9 Å². The number of rotatable bonds is 8. The lowest BCUT2D eigenvalue weighted by Crippen LogP contribution is -2.31. The van der Waals surface area contributed by atoms with Gasteiger partial charge in [0.05, 0.1) is 5.25 Å². The van der Waals surface area contributed by atoms with Crippen molar-refractivity contribution in [2.24, 2.45) is 0 Å². The zero-order valence-electron chi connectivity index (χ0n) is 14.0. The number of alkyl halides is 3. The van der Waals surface area contributed by atoms with Gasteiger partial charge in [0.25, 0.3) is 0 Å². The van der Waals surface area contributed by atoms with E-state index < -0.39 is 6.36 Å². The zero-order chi connectivity index (χ0) is 19.2. The molecule has 0 saturated heterocycles. The van der Waals surface area contributed by atoms with E-state index >= 15 is 0 Å². The maximum Gasteiger partial charge on any atom is 0.573 e. The monoisotopic (exact) mass is 406 g/mol. The van der Waals surface area contributed by atoms with Crippen molar-refractivity contribution in [3.8, 4) is 5.75 Å². The maximum atomic E-state index is 12.1. The summed E-state index contributed by atoms with van der Waals surface area (Å²) in [6.07, 6.45) is -3.86.